The number of benzene rings is 3. The summed E-state index contributed by atoms with van der Waals surface area (Å²) in [4.78, 5) is 30.3. The summed E-state index contributed by atoms with van der Waals surface area (Å²) in [6.07, 6.45) is -1.62. The van der Waals surface area contributed by atoms with E-state index in [1.54, 1.807) is 54.6 Å². The first-order valence-electron chi connectivity index (χ1n) is 11.0. The Morgan fingerprint density at radius 2 is 1.77 bits per heavy atom. The van der Waals surface area contributed by atoms with Crippen molar-refractivity contribution in [3.63, 3.8) is 0 Å². The van der Waals surface area contributed by atoms with Gasteiger partial charge in [0.25, 0.3) is 11.8 Å². The van der Waals surface area contributed by atoms with E-state index in [1.807, 2.05) is 12.1 Å². The van der Waals surface area contributed by atoms with Crippen LogP contribution < -0.4 is 16.4 Å². The van der Waals surface area contributed by atoms with E-state index >= 15 is 0 Å². The van der Waals surface area contributed by atoms with Crippen LogP contribution in [0, 0.1) is 0 Å². The number of halogens is 1. The number of rotatable bonds is 7. The Bertz CT molecular complexity index is 1370. The Morgan fingerprint density at radius 3 is 2.46 bits per heavy atom. The average Bonchev–Trinajstić information content (AvgIpc) is 3.21. The minimum absolute atomic E-state index is 0.319. The van der Waals surface area contributed by atoms with Crippen molar-refractivity contribution in [2.45, 2.75) is 31.9 Å². The van der Waals surface area contributed by atoms with Gasteiger partial charge < -0.3 is 21.5 Å². The van der Waals surface area contributed by atoms with Gasteiger partial charge in [0.1, 0.15) is 0 Å². The van der Waals surface area contributed by atoms with Crippen LogP contribution in [0.1, 0.15) is 47.3 Å². The fraction of sp³-hybridized carbons (Fsp3) is 0.192. The van der Waals surface area contributed by atoms with Gasteiger partial charge in [0.05, 0.1) is 16.3 Å². The van der Waals surface area contributed by atoms with Crippen LogP contribution in [0.2, 0.25) is 5.02 Å². The highest BCUT2D eigenvalue weighted by Gasteiger charge is 2.31. The third-order valence-corrected chi connectivity index (χ3v) is 6.83. The molecule has 9 heteroatoms. The smallest absolute Gasteiger partial charge is 0.255 e. The summed E-state index contributed by atoms with van der Waals surface area (Å²) in [6.45, 7) is 4.14. The fourth-order valence-electron chi connectivity index (χ4n) is 3.69. The van der Waals surface area contributed by atoms with Gasteiger partial charge in [-0.15, -0.1) is 0 Å². The molecule has 0 unspecified atom stereocenters. The van der Waals surface area contributed by atoms with Gasteiger partial charge in [-0.25, -0.2) is 4.98 Å². The van der Waals surface area contributed by atoms with Gasteiger partial charge in [-0.2, -0.15) is 0 Å². The number of nitrogens with two attached hydrogens (primary N) is 1. The standard InChI is InChI=1S/C26H25ClN4O3S/c1-14(2)15-7-9-16(10-8-15)24(33)31-22(18-5-3-4-6-19(18)27)23(32)25(34)29-17-11-12-21-20(13-17)30-26(28)35-21/h3-14,22-23,32H,1-2H3,(H2,28,30)(H,29,34)(H,31,33)/t22-,23+/m0/s1. The summed E-state index contributed by atoms with van der Waals surface area (Å²) >= 11 is 7.71. The first-order valence-corrected chi connectivity index (χ1v) is 12.2. The zero-order chi connectivity index (χ0) is 25.1. The van der Waals surface area contributed by atoms with Gasteiger partial charge in [0, 0.05) is 16.3 Å². The molecule has 0 radical (unpaired) electrons. The van der Waals surface area contributed by atoms with Crippen molar-refractivity contribution < 1.29 is 14.7 Å². The fourth-order valence-corrected chi connectivity index (χ4v) is 4.66. The van der Waals surface area contributed by atoms with Crippen LogP contribution in [0.15, 0.2) is 66.7 Å². The minimum Gasteiger partial charge on any atom is -0.381 e. The van der Waals surface area contributed by atoms with Crippen LogP contribution in [0.5, 0.6) is 0 Å². The zero-order valence-corrected chi connectivity index (χ0v) is 20.7. The molecule has 0 aliphatic rings. The molecule has 0 spiro atoms. The van der Waals surface area contributed by atoms with Gasteiger partial charge in [-0.1, -0.05) is 67.1 Å². The van der Waals surface area contributed by atoms with Gasteiger partial charge in [-0.3, -0.25) is 9.59 Å². The van der Waals surface area contributed by atoms with Gasteiger partial charge in [0.15, 0.2) is 11.2 Å². The maximum Gasteiger partial charge on any atom is 0.255 e. The Morgan fingerprint density at radius 1 is 1.06 bits per heavy atom. The number of aromatic nitrogens is 1. The normalized spacial score (nSPS) is 12.9. The van der Waals surface area contributed by atoms with Crippen molar-refractivity contribution in [1.29, 1.82) is 0 Å². The predicted octanol–water partition coefficient (Wildman–Crippen LogP) is 5.13. The molecule has 2 atom stereocenters. The molecule has 7 nitrogen and oxygen atoms in total. The van der Waals surface area contributed by atoms with E-state index in [0.29, 0.717) is 38.4 Å². The van der Waals surface area contributed by atoms with Crippen LogP contribution in [0.3, 0.4) is 0 Å². The molecular formula is C26H25ClN4O3S. The lowest BCUT2D eigenvalue weighted by atomic mass is 9.98. The Hall–Kier alpha value is -3.46. The third-order valence-electron chi connectivity index (χ3n) is 5.62. The highest BCUT2D eigenvalue weighted by Crippen LogP contribution is 2.29. The van der Waals surface area contributed by atoms with Crippen molar-refractivity contribution in [2.75, 3.05) is 11.1 Å². The van der Waals surface area contributed by atoms with Gasteiger partial charge in [-0.05, 0) is 53.4 Å². The minimum atomic E-state index is -1.62. The number of thiazole rings is 1. The largest absolute Gasteiger partial charge is 0.381 e. The second-order valence-corrected chi connectivity index (χ2v) is 9.89. The number of aliphatic hydroxyl groups is 1. The highest BCUT2D eigenvalue weighted by molar-refractivity contribution is 7.22. The summed E-state index contributed by atoms with van der Waals surface area (Å²) in [7, 11) is 0. The number of hydrogen-bond donors (Lipinski definition) is 4. The number of hydrogen-bond acceptors (Lipinski definition) is 6. The summed E-state index contributed by atoms with van der Waals surface area (Å²) in [5.41, 5.74) is 8.77. The number of amides is 2. The Kier molecular flexibility index (Phi) is 7.35. The summed E-state index contributed by atoms with van der Waals surface area (Å²) in [5, 5.41) is 17.2. The number of nitrogen functional groups attached to an aromatic ring is 1. The molecule has 1 heterocycles. The van der Waals surface area contributed by atoms with Crippen LogP contribution in [0.4, 0.5) is 10.8 Å². The van der Waals surface area contributed by atoms with Crippen LogP contribution in [0.25, 0.3) is 10.2 Å². The van der Waals surface area contributed by atoms with E-state index in [2.05, 4.69) is 29.5 Å². The second kappa shape index (κ2) is 10.4. The SMILES string of the molecule is CC(C)c1ccc(C(=O)N[C@@H](c2ccccc2Cl)[C@@H](O)C(=O)Nc2ccc3sc(N)nc3c2)cc1. The van der Waals surface area contributed by atoms with Crippen molar-refractivity contribution in [3.05, 3.63) is 88.4 Å². The Labute approximate surface area is 212 Å². The second-order valence-electron chi connectivity index (χ2n) is 8.42. The third kappa shape index (κ3) is 5.62. The van der Waals surface area contributed by atoms with Crippen LogP contribution in [-0.4, -0.2) is 28.0 Å². The molecule has 180 valence electrons. The van der Waals surface area contributed by atoms with Crippen molar-refractivity contribution in [3.8, 4) is 0 Å². The molecule has 2 amide bonds. The summed E-state index contributed by atoms with van der Waals surface area (Å²) < 4.78 is 0.880. The van der Waals surface area contributed by atoms with E-state index in [4.69, 9.17) is 17.3 Å². The van der Waals surface area contributed by atoms with Crippen LogP contribution >= 0.6 is 22.9 Å². The number of aliphatic hydroxyl groups excluding tert-OH is 1. The molecule has 1 aromatic heterocycles. The molecule has 0 aliphatic heterocycles. The predicted molar refractivity (Wildman–Crippen MR) is 141 cm³/mol. The number of nitrogens with zero attached hydrogens (tertiary/aromatic N) is 1. The molecule has 35 heavy (non-hydrogen) atoms. The lowest BCUT2D eigenvalue weighted by molar-refractivity contribution is -0.125. The van der Waals surface area contributed by atoms with E-state index in [1.165, 1.54) is 11.3 Å². The molecule has 0 saturated heterocycles. The number of nitrogens with one attached hydrogen (secondary N) is 2. The van der Waals surface area contributed by atoms with Crippen molar-refractivity contribution in [1.82, 2.24) is 10.3 Å². The molecule has 5 N–H and O–H groups in total. The maximum atomic E-state index is 13.0. The average molecular weight is 509 g/mol. The number of fused-ring (bicyclic) bond motifs is 1. The number of carbonyl (C=O) groups excluding carboxylic acids is 2. The Balaban J connectivity index is 1.58. The van der Waals surface area contributed by atoms with E-state index in [9.17, 15) is 14.7 Å². The molecule has 0 aliphatic carbocycles. The number of anilines is 2. The highest BCUT2D eigenvalue weighted by atomic mass is 35.5. The maximum absolute atomic E-state index is 13.0. The monoisotopic (exact) mass is 508 g/mol. The van der Waals surface area contributed by atoms with E-state index < -0.39 is 24.0 Å². The van der Waals surface area contributed by atoms with E-state index in [-0.39, 0.29) is 0 Å². The lowest BCUT2D eigenvalue weighted by Gasteiger charge is -2.25. The van der Waals surface area contributed by atoms with Gasteiger partial charge >= 0.3 is 0 Å². The first kappa shape index (κ1) is 24.7. The number of carbonyl (C=O) groups is 2. The molecule has 0 bridgehead atoms. The van der Waals surface area contributed by atoms with Crippen molar-refractivity contribution in [2.24, 2.45) is 0 Å². The molecule has 3 aromatic carbocycles. The molecule has 0 saturated carbocycles. The lowest BCUT2D eigenvalue weighted by Crippen LogP contribution is -2.42. The molecule has 4 rings (SSSR count). The first-order chi connectivity index (χ1) is 16.7. The van der Waals surface area contributed by atoms with Gasteiger partial charge in [0.2, 0.25) is 0 Å². The molecule has 4 aromatic rings. The molecular weight excluding hydrogens is 484 g/mol. The van der Waals surface area contributed by atoms with Crippen LogP contribution in [-0.2, 0) is 4.79 Å². The quantitative estimate of drug-likeness (QED) is 0.276. The van der Waals surface area contributed by atoms with Crippen molar-refractivity contribution >= 4 is 55.8 Å². The molecule has 0 fully saturated rings. The zero-order valence-electron chi connectivity index (χ0n) is 19.2. The summed E-state index contributed by atoms with van der Waals surface area (Å²) in [6, 6.07) is 18.0. The summed E-state index contributed by atoms with van der Waals surface area (Å²) in [5.74, 6) is -0.808. The topological polar surface area (TPSA) is 117 Å². The van der Waals surface area contributed by atoms with E-state index in [0.717, 1.165) is 10.3 Å².